The molecule has 0 atom stereocenters. The number of hydrogen-bond acceptors (Lipinski definition) is 4. The van der Waals surface area contributed by atoms with Gasteiger partial charge in [-0.05, 0) is 48.6 Å². The van der Waals surface area contributed by atoms with Crippen molar-refractivity contribution < 1.29 is 14.3 Å². The van der Waals surface area contributed by atoms with Crippen LogP contribution in [-0.2, 0) is 16.8 Å². The largest absolute Gasteiger partial charge is 0.497 e. The molecular weight excluding hydrogens is 352 g/mol. The molecule has 0 unspecified atom stereocenters. The van der Waals surface area contributed by atoms with Crippen LogP contribution in [0.2, 0.25) is 5.02 Å². The van der Waals surface area contributed by atoms with Crippen LogP contribution in [0, 0.1) is 0 Å². The summed E-state index contributed by atoms with van der Waals surface area (Å²) in [7, 11) is 1.69. The van der Waals surface area contributed by atoms with Crippen molar-refractivity contribution in [3.05, 3.63) is 58.4 Å². The molecule has 1 saturated heterocycles. The Morgan fingerprint density at radius 2 is 2.12 bits per heavy atom. The van der Waals surface area contributed by atoms with E-state index < -0.39 is 0 Å². The zero-order valence-corrected chi connectivity index (χ0v) is 15.5. The molecule has 0 bridgehead atoms. The molecule has 1 spiro atoms. The van der Waals surface area contributed by atoms with Crippen LogP contribution in [0.3, 0.4) is 0 Å². The Labute approximate surface area is 157 Å². The summed E-state index contributed by atoms with van der Waals surface area (Å²) in [5.41, 5.74) is 2.72. The van der Waals surface area contributed by atoms with Gasteiger partial charge >= 0.3 is 0 Å². The van der Waals surface area contributed by atoms with Gasteiger partial charge in [0.1, 0.15) is 5.75 Å². The normalized spacial score (nSPS) is 18.5. The second-order valence-corrected chi connectivity index (χ2v) is 7.17. The maximum atomic E-state index is 12.8. The van der Waals surface area contributed by atoms with Gasteiger partial charge in [0.15, 0.2) is 0 Å². The van der Waals surface area contributed by atoms with Gasteiger partial charge in [-0.1, -0.05) is 17.7 Å². The van der Waals surface area contributed by atoms with E-state index in [4.69, 9.17) is 21.1 Å². The minimum absolute atomic E-state index is 0.0435. The number of nitrogens with zero attached hydrogens (tertiary/aromatic N) is 2. The number of likely N-dealkylation sites (tertiary alicyclic amines) is 1. The number of fused-ring (bicyclic) bond motifs is 2. The minimum Gasteiger partial charge on any atom is -0.497 e. The van der Waals surface area contributed by atoms with E-state index in [0.29, 0.717) is 30.3 Å². The Bertz CT molecular complexity index is 832. The van der Waals surface area contributed by atoms with E-state index in [9.17, 15) is 4.79 Å². The Hall–Kier alpha value is -2.11. The fourth-order valence-electron chi connectivity index (χ4n) is 3.99. The molecule has 2 aromatic rings. The first kappa shape index (κ1) is 17.3. The zero-order valence-electron chi connectivity index (χ0n) is 14.7. The quantitative estimate of drug-likeness (QED) is 0.810. The smallest absolute Gasteiger partial charge is 0.255 e. The molecule has 3 heterocycles. The molecule has 1 amide bonds. The van der Waals surface area contributed by atoms with E-state index in [-0.39, 0.29) is 11.5 Å². The van der Waals surface area contributed by atoms with Crippen LogP contribution in [0.1, 0.15) is 34.3 Å². The van der Waals surface area contributed by atoms with E-state index >= 15 is 0 Å². The summed E-state index contributed by atoms with van der Waals surface area (Å²) in [5, 5.41) is 0.393. The highest BCUT2D eigenvalue weighted by atomic mass is 35.5. The van der Waals surface area contributed by atoms with Gasteiger partial charge in [0, 0.05) is 25.5 Å². The molecule has 4 rings (SSSR count). The zero-order chi connectivity index (χ0) is 18.1. The highest BCUT2D eigenvalue weighted by molar-refractivity contribution is 6.33. The number of benzene rings is 1. The van der Waals surface area contributed by atoms with E-state index in [1.54, 1.807) is 19.4 Å². The standard InChI is InChI=1S/C20H21ClN2O3/c1-25-15-2-3-17-14(12-15)5-11-26-20(17)6-9-23(10-7-20)19(24)16-4-8-22-13-18(16)21/h2-4,8,12-13H,5-7,9-11H2,1H3. The number of rotatable bonds is 2. The molecule has 26 heavy (non-hydrogen) atoms. The SMILES string of the molecule is COc1ccc2c(c1)CCOC21CCN(C(=O)c2ccncc2Cl)CC1. The molecule has 1 aromatic carbocycles. The Morgan fingerprint density at radius 1 is 1.31 bits per heavy atom. The number of pyridine rings is 1. The van der Waals surface area contributed by atoms with Crippen molar-refractivity contribution in [1.29, 1.82) is 0 Å². The van der Waals surface area contributed by atoms with E-state index in [1.165, 1.54) is 17.3 Å². The first-order chi connectivity index (χ1) is 12.6. The van der Waals surface area contributed by atoms with Crippen LogP contribution >= 0.6 is 11.6 Å². The lowest BCUT2D eigenvalue weighted by Crippen LogP contribution is -2.48. The molecule has 1 aromatic heterocycles. The van der Waals surface area contributed by atoms with Gasteiger partial charge < -0.3 is 14.4 Å². The average Bonchev–Trinajstić information content (AvgIpc) is 2.68. The third-order valence-electron chi connectivity index (χ3n) is 5.41. The highest BCUT2D eigenvalue weighted by Crippen LogP contribution is 2.42. The van der Waals surface area contributed by atoms with Crippen LogP contribution in [0.5, 0.6) is 5.75 Å². The van der Waals surface area contributed by atoms with Gasteiger partial charge in [-0.25, -0.2) is 0 Å². The van der Waals surface area contributed by atoms with E-state index in [2.05, 4.69) is 17.1 Å². The fourth-order valence-corrected chi connectivity index (χ4v) is 4.19. The number of halogens is 1. The van der Waals surface area contributed by atoms with Crippen LogP contribution in [0.4, 0.5) is 0 Å². The number of amides is 1. The second kappa shape index (κ2) is 6.89. The lowest BCUT2D eigenvalue weighted by atomic mass is 9.79. The molecule has 5 nitrogen and oxygen atoms in total. The predicted molar refractivity (Wildman–Crippen MR) is 98.7 cm³/mol. The summed E-state index contributed by atoms with van der Waals surface area (Å²) in [4.78, 5) is 18.6. The van der Waals surface area contributed by atoms with Crippen molar-refractivity contribution >= 4 is 17.5 Å². The van der Waals surface area contributed by atoms with Gasteiger partial charge in [-0.2, -0.15) is 0 Å². The van der Waals surface area contributed by atoms with Crippen LogP contribution in [0.15, 0.2) is 36.7 Å². The molecule has 6 heteroatoms. The first-order valence-electron chi connectivity index (χ1n) is 8.83. The first-order valence-corrected chi connectivity index (χ1v) is 9.21. The lowest BCUT2D eigenvalue weighted by molar-refractivity contribution is -0.0935. The maximum absolute atomic E-state index is 12.8. The van der Waals surface area contributed by atoms with Crippen molar-refractivity contribution in [1.82, 2.24) is 9.88 Å². The summed E-state index contributed by atoms with van der Waals surface area (Å²) in [6.45, 7) is 1.98. The number of hydrogen-bond donors (Lipinski definition) is 0. The molecule has 0 radical (unpaired) electrons. The Morgan fingerprint density at radius 3 is 2.85 bits per heavy atom. The summed E-state index contributed by atoms with van der Waals surface area (Å²) < 4.78 is 11.6. The van der Waals surface area contributed by atoms with Gasteiger partial charge in [0.25, 0.3) is 5.91 Å². The highest BCUT2D eigenvalue weighted by Gasteiger charge is 2.42. The molecular formula is C20H21ClN2O3. The van der Waals surface area contributed by atoms with Crippen LogP contribution < -0.4 is 4.74 Å². The molecule has 136 valence electrons. The van der Waals surface area contributed by atoms with Crippen LogP contribution in [-0.4, -0.2) is 42.6 Å². The average molecular weight is 373 g/mol. The van der Waals surface area contributed by atoms with Crippen molar-refractivity contribution in [3.63, 3.8) is 0 Å². The van der Waals surface area contributed by atoms with Gasteiger partial charge in [0.2, 0.25) is 0 Å². The molecule has 0 saturated carbocycles. The monoisotopic (exact) mass is 372 g/mol. The lowest BCUT2D eigenvalue weighted by Gasteiger charge is -2.45. The van der Waals surface area contributed by atoms with Gasteiger partial charge in [-0.15, -0.1) is 0 Å². The predicted octanol–water partition coefficient (Wildman–Crippen LogP) is 3.45. The topological polar surface area (TPSA) is 51.7 Å². The number of aromatic nitrogens is 1. The number of methoxy groups -OCH3 is 1. The molecule has 0 aliphatic carbocycles. The maximum Gasteiger partial charge on any atom is 0.255 e. The number of piperidine rings is 1. The summed E-state index contributed by atoms with van der Waals surface area (Å²) in [6.07, 6.45) is 5.55. The summed E-state index contributed by atoms with van der Waals surface area (Å²) in [5.74, 6) is 0.832. The minimum atomic E-state index is -0.307. The fraction of sp³-hybridized carbons (Fsp3) is 0.400. The Balaban J connectivity index is 1.54. The van der Waals surface area contributed by atoms with E-state index in [0.717, 1.165) is 25.0 Å². The number of carbonyl (C=O) groups excluding carboxylic acids is 1. The van der Waals surface area contributed by atoms with Crippen molar-refractivity contribution in [3.8, 4) is 5.75 Å². The van der Waals surface area contributed by atoms with Crippen molar-refractivity contribution in [2.45, 2.75) is 24.9 Å². The Kier molecular flexibility index (Phi) is 4.59. The third-order valence-corrected chi connectivity index (χ3v) is 5.72. The molecule has 1 fully saturated rings. The third kappa shape index (κ3) is 2.95. The molecule has 2 aliphatic heterocycles. The molecule has 0 N–H and O–H groups in total. The van der Waals surface area contributed by atoms with Gasteiger partial charge in [-0.3, -0.25) is 9.78 Å². The molecule has 2 aliphatic rings. The van der Waals surface area contributed by atoms with Crippen molar-refractivity contribution in [2.24, 2.45) is 0 Å². The summed E-state index contributed by atoms with van der Waals surface area (Å²) >= 11 is 6.13. The number of ether oxygens (including phenoxy) is 2. The van der Waals surface area contributed by atoms with Gasteiger partial charge in [0.05, 0.1) is 29.9 Å². The number of carbonyl (C=O) groups is 1. The van der Waals surface area contributed by atoms with Crippen molar-refractivity contribution in [2.75, 3.05) is 26.8 Å². The summed E-state index contributed by atoms with van der Waals surface area (Å²) in [6, 6.07) is 7.88. The van der Waals surface area contributed by atoms with E-state index in [1.807, 2.05) is 11.0 Å². The second-order valence-electron chi connectivity index (χ2n) is 6.76. The van der Waals surface area contributed by atoms with Crippen LogP contribution in [0.25, 0.3) is 0 Å².